The molecule has 1 N–H and O–H groups in total. The molecule has 44 heavy (non-hydrogen) atoms. The Kier molecular flexibility index (Phi) is 8.62. The summed E-state index contributed by atoms with van der Waals surface area (Å²) < 4.78 is 23.0. The topological polar surface area (TPSA) is 53.5 Å². The molecule has 2 unspecified atom stereocenters. The number of nitrogens with zero attached hydrogens (tertiary/aromatic N) is 4. The fourth-order valence-electron chi connectivity index (χ4n) is 7.41. The Bertz CT molecular complexity index is 1670. The van der Waals surface area contributed by atoms with Crippen molar-refractivity contribution in [1.82, 2.24) is 20.2 Å². The van der Waals surface area contributed by atoms with E-state index in [1.54, 1.807) is 0 Å². The zero-order valence-electron chi connectivity index (χ0n) is 26.0. The maximum absolute atomic E-state index is 16.9. The first kappa shape index (κ1) is 29.7. The summed E-state index contributed by atoms with van der Waals surface area (Å²) in [4.78, 5) is 14.2. The smallest absolute Gasteiger partial charge is 0.319 e. The van der Waals surface area contributed by atoms with Gasteiger partial charge in [-0.3, -0.25) is 0 Å². The van der Waals surface area contributed by atoms with Gasteiger partial charge in [-0.15, -0.1) is 0 Å². The molecule has 0 saturated carbocycles. The predicted molar refractivity (Wildman–Crippen MR) is 179 cm³/mol. The molecule has 232 valence electrons. The Labute approximate surface area is 264 Å². The van der Waals surface area contributed by atoms with Crippen molar-refractivity contribution in [2.45, 2.75) is 76.8 Å². The van der Waals surface area contributed by atoms with Crippen molar-refractivity contribution in [2.75, 3.05) is 44.7 Å². The number of hydrogen-bond donors (Lipinski definition) is 1. The van der Waals surface area contributed by atoms with Gasteiger partial charge < -0.3 is 19.9 Å². The normalized spacial score (nSPS) is 19.2. The summed E-state index contributed by atoms with van der Waals surface area (Å²) in [7, 11) is 2.16. The predicted octanol–water partition coefficient (Wildman–Crippen LogP) is 7.56. The molecule has 3 aliphatic rings. The van der Waals surface area contributed by atoms with Crippen LogP contribution in [0.15, 0.2) is 36.4 Å². The molecule has 2 bridgehead atoms. The lowest BCUT2D eigenvalue weighted by atomic mass is 9.81. The lowest BCUT2D eigenvalue weighted by Gasteiger charge is -2.34. The number of nitrogens with one attached hydrogen (secondary N) is 1. The lowest BCUT2D eigenvalue weighted by Crippen LogP contribution is -2.51. The molecule has 3 aromatic carbocycles. The molecule has 2 fully saturated rings. The van der Waals surface area contributed by atoms with Gasteiger partial charge >= 0.3 is 6.01 Å². The third-order valence-corrected chi connectivity index (χ3v) is 10.1. The maximum Gasteiger partial charge on any atom is 0.319 e. The van der Waals surface area contributed by atoms with Crippen LogP contribution < -0.4 is 15.0 Å². The van der Waals surface area contributed by atoms with E-state index in [0.717, 1.165) is 74.6 Å². The van der Waals surface area contributed by atoms with Gasteiger partial charge in [0.05, 0.1) is 11.6 Å². The second-order valence-electron chi connectivity index (χ2n) is 13.0. The molecule has 1 aromatic heterocycles. The van der Waals surface area contributed by atoms with Crippen molar-refractivity contribution in [3.05, 3.63) is 58.4 Å². The molecule has 0 radical (unpaired) electrons. The lowest BCUT2D eigenvalue weighted by molar-refractivity contribution is 0.248. The Morgan fingerprint density at radius 2 is 1.84 bits per heavy atom. The summed E-state index contributed by atoms with van der Waals surface area (Å²) in [6.45, 7) is 6.39. The molecule has 8 heteroatoms. The maximum atomic E-state index is 16.9. The van der Waals surface area contributed by atoms with E-state index in [0.29, 0.717) is 40.5 Å². The second-order valence-corrected chi connectivity index (χ2v) is 13.4. The Morgan fingerprint density at radius 1 is 1.02 bits per heavy atom. The van der Waals surface area contributed by atoms with Crippen LogP contribution >= 0.6 is 11.6 Å². The number of aryl methyl sites for hydroxylation is 2. The Morgan fingerprint density at radius 3 is 2.61 bits per heavy atom. The molecule has 1 aliphatic carbocycles. The molecule has 2 atom stereocenters. The third-order valence-electron chi connectivity index (χ3n) is 9.83. The molecule has 4 aromatic rings. The molecule has 0 spiro atoms. The van der Waals surface area contributed by atoms with E-state index in [1.807, 2.05) is 18.2 Å². The standard InChI is InChI=1S/C36H43ClFN5O/c1-3-4-5-6-17-42(2)18-8-19-44-36-40-34-29(35(41-36)43-21-25-14-15-26(22-43)39-25)20-30(37)32(33(34)38)28-10-7-9-24-12-11-23-13-16-27(23)31(24)28/h7,9-12,20,25-26,39H,3-6,8,13-19,21-22H2,1-2H3. The van der Waals surface area contributed by atoms with Crippen molar-refractivity contribution < 1.29 is 9.13 Å². The van der Waals surface area contributed by atoms with E-state index < -0.39 is 5.82 Å². The number of hydrogen-bond acceptors (Lipinski definition) is 6. The van der Waals surface area contributed by atoms with Crippen LogP contribution in [0.5, 0.6) is 6.01 Å². The fourth-order valence-corrected chi connectivity index (χ4v) is 7.70. The van der Waals surface area contributed by atoms with Crippen LogP contribution in [0.4, 0.5) is 10.2 Å². The van der Waals surface area contributed by atoms with E-state index in [1.165, 1.54) is 36.8 Å². The molecule has 7 rings (SSSR count). The Hall–Kier alpha value is -3.00. The van der Waals surface area contributed by atoms with Gasteiger partial charge in [-0.2, -0.15) is 9.97 Å². The fraction of sp³-hybridized carbons (Fsp3) is 0.500. The highest BCUT2D eigenvalue weighted by molar-refractivity contribution is 6.35. The van der Waals surface area contributed by atoms with Gasteiger partial charge in [0.2, 0.25) is 0 Å². The van der Waals surface area contributed by atoms with Gasteiger partial charge in [-0.1, -0.05) is 68.1 Å². The van der Waals surface area contributed by atoms with Crippen LogP contribution in [0.1, 0.15) is 63.0 Å². The van der Waals surface area contributed by atoms with Gasteiger partial charge in [-0.25, -0.2) is 4.39 Å². The number of unbranched alkanes of at least 4 members (excludes halogenated alkanes) is 3. The highest BCUT2D eigenvalue weighted by Crippen LogP contribution is 2.44. The average Bonchev–Trinajstić information content (AvgIpc) is 3.34. The van der Waals surface area contributed by atoms with Crippen LogP contribution in [0.25, 0.3) is 32.8 Å². The Balaban J connectivity index is 1.23. The third kappa shape index (κ3) is 5.75. The quantitative estimate of drug-likeness (QED) is 0.166. The number of rotatable bonds is 12. The van der Waals surface area contributed by atoms with Crippen molar-refractivity contribution in [3.63, 3.8) is 0 Å². The SMILES string of the molecule is CCCCCCN(C)CCCOc1nc(N2CC3CCC(C2)N3)c2cc(Cl)c(-c3cccc4ccc5c(c34)CC5)c(F)c2n1. The average molecular weight is 616 g/mol. The minimum atomic E-state index is -0.407. The highest BCUT2D eigenvalue weighted by atomic mass is 35.5. The van der Waals surface area contributed by atoms with Gasteiger partial charge in [0.15, 0.2) is 5.82 Å². The van der Waals surface area contributed by atoms with E-state index in [-0.39, 0.29) is 11.5 Å². The molecule has 2 saturated heterocycles. The molecular formula is C36H43ClFN5O. The van der Waals surface area contributed by atoms with E-state index in [2.05, 4.69) is 47.3 Å². The summed E-state index contributed by atoms with van der Waals surface area (Å²) >= 11 is 7.00. The van der Waals surface area contributed by atoms with Crippen molar-refractivity contribution in [1.29, 1.82) is 0 Å². The van der Waals surface area contributed by atoms with Gasteiger partial charge in [-0.05, 0) is 85.6 Å². The van der Waals surface area contributed by atoms with Crippen molar-refractivity contribution in [2.24, 2.45) is 0 Å². The minimum absolute atomic E-state index is 0.234. The van der Waals surface area contributed by atoms with E-state index >= 15 is 4.39 Å². The summed E-state index contributed by atoms with van der Waals surface area (Å²) in [5.74, 6) is 0.307. The molecule has 6 nitrogen and oxygen atoms in total. The number of halogens is 2. The van der Waals surface area contributed by atoms with Crippen LogP contribution in [0.2, 0.25) is 5.02 Å². The molecular weight excluding hydrogens is 573 g/mol. The monoisotopic (exact) mass is 615 g/mol. The summed E-state index contributed by atoms with van der Waals surface area (Å²) in [5.41, 5.74) is 4.14. The number of anilines is 1. The first-order chi connectivity index (χ1) is 21.5. The highest BCUT2D eigenvalue weighted by Gasteiger charge is 2.34. The number of ether oxygens (including phenoxy) is 1. The molecule has 3 heterocycles. The summed E-state index contributed by atoms with van der Waals surface area (Å²) in [6, 6.07) is 13.3. The molecule has 2 aliphatic heterocycles. The van der Waals surface area contributed by atoms with E-state index in [9.17, 15) is 0 Å². The summed E-state index contributed by atoms with van der Waals surface area (Å²) in [6.07, 6.45) is 10.2. The van der Waals surface area contributed by atoms with Gasteiger partial charge in [0.1, 0.15) is 11.3 Å². The van der Waals surface area contributed by atoms with E-state index in [4.69, 9.17) is 26.3 Å². The number of fused-ring (bicyclic) bond motifs is 6. The number of piperazine rings is 1. The van der Waals surface area contributed by atoms with Crippen LogP contribution in [0.3, 0.4) is 0 Å². The van der Waals surface area contributed by atoms with Crippen molar-refractivity contribution in [3.8, 4) is 17.1 Å². The van der Waals surface area contributed by atoms with Gasteiger partial charge in [0, 0.05) is 42.7 Å². The number of benzene rings is 3. The first-order valence-corrected chi connectivity index (χ1v) is 16.9. The zero-order chi connectivity index (χ0) is 30.2. The second kappa shape index (κ2) is 12.8. The van der Waals surface area contributed by atoms with Crippen LogP contribution in [0, 0.1) is 5.82 Å². The zero-order valence-corrected chi connectivity index (χ0v) is 26.7. The van der Waals surface area contributed by atoms with Gasteiger partial charge in [0.25, 0.3) is 0 Å². The number of aromatic nitrogens is 2. The van der Waals surface area contributed by atoms with Crippen LogP contribution in [-0.2, 0) is 12.8 Å². The summed E-state index contributed by atoms with van der Waals surface area (Å²) in [5, 5.41) is 6.93. The first-order valence-electron chi connectivity index (χ1n) is 16.6. The largest absolute Gasteiger partial charge is 0.463 e. The van der Waals surface area contributed by atoms with Crippen molar-refractivity contribution >= 4 is 39.1 Å². The molecule has 0 amide bonds. The van der Waals surface area contributed by atoms with Crippen LogP contribution in [-0.4, -0.2) is 66.8 Å². The minimum Gasteiger partial charge on any atom is -0.463 e.